The summed E-state index contributed by atoms with van der Waals surface area (Å²) in [5.74, 6) is -1.32. The van der Waals surface area contributed by atoms with Gasteiger partial charge in [-0.3, -0.25) is 9.59 Å². The largest absolute Gasteiger partial charge is 0.507 e. The molecule has 25 heavy (non-hydrogen) atoms. The zero-order valence-corrected chi connectivity index (χ0v) is 12.9. The first kappa shape index (κ1) is 16.0. The second kappa shape index (κ2) is 6.68. The molecule has 7 nitrogen and oxygen atoms in total. The van der Waals surface area contributed by atoms with Crippen molar-refractivity contribution in [1.29, 1.82) is 5.26 Å². The van der Waals surface area contributed by atoms with Crippen molar-refractivity contribution in [2.45, 2.75) is 0 Å². The summed E-state index contributed by atoms with van der Waals surface area (Å²) in [5, 5.41) is 25.3. The Morgan fingerprint density at radius 1 is 1.20 bits per heavy atom. The number of carbonyl (C=O) groups excluding carboxylic acids is 2. The van der Waals surface area contributed by atoms with Crippen LogP contribution in [-0.4, -0.2) is 23.1 Å². The standard InChI is InChI=1S/C18H12N4O3/c19-9-13(16-12-6-2-3-7-14(12)21-18(16)25)17(24)22-20-10-11-5-1-4-8-15(11)23/h1-8,10,23H,(H,21,25)(H,22,24)/b16-13-,20-10-. The molecule has 0 bridgehead atoms. The van der Waals surface area contributed by atoms with Crippen molar-refractivity contribution in [3.05, 3.63) is 65.2 Å². The van der Waals surface area contributed by atoms with Crippen molar-refractivity contribution in [2.24, 2.45) is 5.10 Å². The molecule has 2 amide bonds. The lowest BCUT2D eigenvalue weighted by Crippen LogP contribution is -2.21. The summed E-state index contributed by atoms with van der Waals surface area (Å²) in [7, 11) is 0. The number of amides is 2. The van der Waals surface area contributed by atoms with Crippen LogP contribution in [0.25, 0.3) is 5.57 Å². The van der Waals surface area contributed by atoms with Crippen LogP contribution in [0.2, 0.25) is 0 Å². The van der Waals surface area contributed by atoms with E-state index < -0.39 is 11.8 Å². The normalized spacial score (nSPS) is 14.6. The third-order valence-corrected chi connectivity index (χ3v) is 3.57. The number of phenols is 1. The van der Waals surface area contributed by atoms with Crippen LogP contribution in [0.4, 0.5) is 5.69 Å². The molecule has 3 N–H and O–H groups in total. The molecule has 0 spiro atoms. The number of fused-ring (bicyclic) bond motifs is 1. The average Bonchev–Trinajstić information content (AvgIpc) is 2.94. The lowest BCUT2D eigenvalue weighted by atomic mass is 10.0. The van der Waals surface area contributed by atoms with Crippen LogP contribution in [0.3, 0.4) is 0 Å². The third-order valence-electron chi connectivity index (χ3n) is 3.57. The molecule has 2 aromatic carbocycles. The predicted octanol–water partition coefficient (Wildman–Crippen LogP) is 1.77. The van der Waals surface area contributed by atoms with Gasteiger partial charge in [0.15, 0.2) is 0 Å². The summed E-state index contributed by atoms with van der Waals surface area (Å²) in [5.41, 5.74) is 3.30. The van der Waals surface area contributed by atoms with E-state index in [1.165, 1.54) is 12.3 Å². The van der Waals surface area contributed by atoms with E-state index in [9.17, 15) is 20.0 Å². The maximum absolute atomic E-state index is 12.2. The van der Waals surface area contributed by atoms with Gasteiger partial charge in [0.05, 0.1) is 11.8 Å². The fourth-order valence-electron chi connectivity index (χ4n) is 2.40. The van der Waals surface area contributed by atoms with Gasteiger partial charge >= 0.3 is 0 Å². The first-order valence-electron chi connectivity index (χ1n) is 7.28. The number of nitrogens with zero attached hydrogens (tertiary/aromatic N) is 2. The van der Waals surface area contributed by atoms with Gasteiger partial charge in [0.2, 0.25) is 0 Å². The minimum absolute atomic E-state index is 0.00320. The monoisotopic (exact) mass is 332 g/mol. The summed E-state index contributed by atoms with van der Waals surface area (Å²) >= 11 is 0. The molecule has 0 aromatic heterocycles. The van der Waals surface area contributed by atoms with E-state index in [4.69, 9.17) is 0 Å². The molecule has 2 aromatic rings. The molecule has 0 saturated heterocycles. The number of hydrazone groups is 1. The van der Waals surface area contributed by atoms with Crippen molar-refractivity contribution in [2.75, 3.05) is 5.32 Å². The Morgan fingerprint density at radius 3 is 2.68 bits per heavy atom. The quantitative estimate of drug-likeness (QED) is 0.344. The second-order valence-electron chi connectivity index (χ2n) is 5.12. The van der Waals surface area contributed by atoms with E-state index in [-0.39, 0.29) is 16.9 Å². The Balaban J connectivity index is 1.87. The molecule has 0 radical (unpaired) electrons. The number of aromatic hydroxyl groups is 1. The molecule has 7 heteroatoms. The maximum atomic E-state index is 12.2. The van der Waals surface area contributed by atoms with Gasteiger partial charge in [0.25, 0.3) is 11.8 Å². The van der Waals surface area contributed by atoms with E-state index in [0.29, 0.717) is 16.8 Å². The van der Waals surface area contributed by atoms with E-state index in [2.05, 4.69) is 15.8 Å². The number of nitriles is 1. The number of phenolic OH excluding ortho intramolecular Hbond substituents is 1. The van der Waals surface area contributed by atoms with E-state index in [1.807, 2.05) is 0 Å². The number of anilines is 1. The Hall–Kier alpha value is -3.92. The smallest absolute Gasteiger partial charge is 0.282 e. The Labute approximate surface area is 142 Å². The Morgan fingerprint density at radius 2 is 1.92 bits per heavy atom. The fourth-order valence-corrected chi connectivity index (χ4v) is 2.40. The first-order valence-corrected chi connectivity index (χ1v) is 7.28. The molecule has 1 aliphatic heterocycles. The van der Waals surface area contributed by atoms with Crippen molar-refractivity contribution in [1.82, 2.24) is 5.43 Å². The number of carbonyl (C=O) groups is 2. The molecule has 3 rings (SSSR count). The number of para-hydroxylation sites is 2. The van der Waals surface area contributed by atoms with Crippen LogP contribution in [0, 0.1) is 11.3 Å². The summed E-state index contributed by atoms with van der Waals surface area (Å²) in [6.45, 7) is 0. The number of rotatable bonds is 3. The topological polar surface area (TPSA) is 115 Å². The molecule has 0 atom stereocenters. The number of nitrogens with one attached hydrogen (secondary N) is 2. The zero-order chi connectivity index (χ0) is 17.8. The van der Waals surface area contributed by atoms with Crippen molar-refractivity contribution in [3.63, 3.8) is 0 Å². The van der Waals surface area contributed by atoms with Crippen LogP contribution < -0.4 is 10.7 Å². The fraction of sp³-hybridized carbons (Fsp3) is 0. The summed E-state index contributed by atoms with van der Waals surface area (Å²) < 4.78 is 0. The number of benzene rings is 2. The van der Waals surface area contributed by atoms with Gasteiger partial charge in [-0.2, -0.15) is 10.4 Å². The average molecular weight is 332 g/mol. The molecular formula is C18H12N4O3. The van der Waals surface area contributed by atoms with Crippen LogP contribution >= 0.6 is 0 Å². The van der Waals surface area contributed by atoms with Crippen LogP contribution in [0.1, 0.15) is 11.1 Å². The Bertz CT molecular complexity index is 970. The molecule has 1 heterocycles. The molecule has 1 aliphatic rings. The highest BCUT2D eigenvalue weighted by atomic mass is 16.3. The first-order chi connectivity index (χ1) is 12.1. The second-order valence-corrected chi connectivity index (χ2v) is 5.12. The maximum Gasteiger partial charge on any atom is 0.282 e. The molecule has 122 valence electrons. The summed E-state index contributed by atoms with van der Waals surface area (Å²) in [6.07, 6.45) is 1.25. The van der Waals surface area contributed by atoms with Gasteiger partial charge in [-0.15, -0.1) is 0 Å². The van der Waals surface area contributed by atoms with Gasteiger partial charge in [0.1, 0.15) is 17.4 Å². The lowest BCUT2D eigenvalue weighted by Gasteiger charge is -2.02. The van der Waals surface area contributed by atoms with Gasteiger partial charge < -0.3 is 10.4 Å². The molecule has 0 fully saturated rings. The SMILES string of the molecule is N#C/C(C(=O)N/N=C\c1ccccc1O)=C1/C(=O)Nc2ccccc21. The molecule has 0 aliphatic carbocycles. The predicted molar refractivity (Wildman–Crippen MR) is 91.4 cm³/mol. The highest BCUT2D eigenvalue weighted by Crippen LogP contribution is 2.33. The minimum atomic E-state index is -0.809. The van der Waals surface area contributed by atoms with Crippen LogP contribution in [0.5, 0.6) is 5.75 Å². The van der Waals surface area contributed by atoms with Crippen LogP contribution in [-0.2, 0) is 9.59 Å². The third kappa shape index (κ3) is 3.09. The van der Waals surface area contributed by atoms with Gasteiger partial charge in [-0.1, -0.05) is 30.3 Å². The highest BCUT2D eigenvalue weighted by molar-refractivity contribution is 6.36. The van der Waals surface area contributed by atoms with Crippen molar-refractivity contribution >= 4 is 29.3 Å². The van der Waals surface area contributed by atoms with Gasteiger partial charge in [0, 0.05) is 16.8 Å². The van der Waals surface area contributed by atoms with E-state index >= 15 is 0 Å². The minimum Gasteiger partial charge on any atom is -0.507 e. The summed E-state index contributed by atoms with van der Waals surface area (Å²) in [6, 6.07) is 15.0. The Kier molecular flexibility index (Phi) is 4.26. The van der Waals surface area contributed by atoms with Crippen molar-refractivity contribution < 1.29 is 14.7 Å². The van der Waals surface area contributed by atoms with Crippen LogP contribution in [0.15, 0.2) is 59.2 Å². The zero-order valence-electron chi connectivity index (χ0n) is 12.9. The summed E-state index contributed by atoms with van der Waals surface area (Å²) in [4.78, 5) is 24.3. The highest BCUT2D eigenvalue weighted by Gasteiger charge is 2.29. The van der Waals surface area contributed by atoms with Crippen molar-refractivity contribution in [3.8, 4) is 11.8 Å². The van der Waals surface area contributed by atoms with Gasteiger partial charge in [-0.05, 0) is 18.2 Å². The van der Waals surface area contributed by atoms with E-state index in [1.54, 1.807) is 48.5 Å². The number of hydrogen-bond acceptors (Lipinski definition) is 5. The van der Waals surface area contributed by atoms with E-state index in [0.717, 1.165) is 0 Å². The molecule has 0 unspecified atom stereocenters. The number of hydrogen-bond donors (Lipinski definition) is 3. The van der Waals surface area contributed by atoms with Gasteiger partial charge in [-0.25, -0.2) is 5.43 Å². The molecule has 0 saturated carbocycles. The molecular weight excluding hydrogens is 320 g/mol. The lowest BCUT2D eigenvalue weighted by molar-refractivity contribution is -0.117.